The fraction of sp³-hybridized carbons (Fsp3) is 0.500. The molecule has 0 N–H and O–H groups in total. The summed E-state index contributed by atoms with van der Waals surface area (Å²) in [5, 5.41) is 1.61. The summed E-state index contributed by atoms with van der Waals surface area (Å²) in [5.41, 5.74) is 1.03. The van der Waals surface area contributed by atoms with Crippen molar-refractivity contribution in [3.63, 3.8) is 0 Å². The minimum absolute atomic E-state index is 0.432. The molecule has 0 radical (unpaired) electrons. The Hall–Kier alpha value is 0.170. The summed E-state index contributed by atoms with van der Waals surface area (Å²) in [6.45, 7) is 5.67. The van der Waals surface area contributed by atoms with Gasteiger partial charge in [-0.1, -0.05) is 39.1 Å². The molecule has 0 fully saturated rings. The summed E-state index contributed by atoms with van der Waals surface area (Å²) in [6, 6.07) is 3.53. The number of hydrogen-bond acceptors (Lipinski definition) is 2. The van der Waals surface area contributed by atoms with Crippen molar-refractivity contribution in [3.8, 4) is 0 Å². The third-order valence-electron chi connectivity index (χ3n) is 1.39. The first-order chi connectivity index (χ1) is 7.13. The molecule has 0 spiro atoms. The Kier molecular flexibility index (Phi) is 9.51. The number of hydrogen-bond donors (Lipinski definition) is 0. The van der Waals surface area contributed by atoms with Crippen LogP contribution in [-0.4, -0.2) is 18.2 Å². The van der Waals surface area contributed by atoms with Crippen molar-refractivity contribution in [3.05, 3.63) is 28.0 Å². The van der Waals surface area contributed by atoms with E-state index in [4.69, 9.17) is 27.9 Å². The first-order valence-corrected chi connectivity index (χ1v) is 6.47. The number of ether oxygens (including phenoxy) is 1. The van der Waals surface area contributed by atoms with Crippen LogP contribution in [0.2, 0.25) is 10.3 Å². The molecule has 0 amide bonds. The van der Waals surface area contributed by atoms with E-state index in [0.29, 0.717) is 10.3 Å². The molecular formula is C10H14BrCl2NO. The first kappa shape index (κ1) is 15.2. The number of rotatable bonds is 3. The quantitative estimate of drug-likeness (QED) is 0.612. The Morgan fingerprint density at radius 1 is 1.20 bits per heavy atom. The molecule has 1 aromatic rings. The number of nitrogens with zero attached hydrogens (tertiary/aromatic N) is 1. The van der Waals surface area contributed by atoms with Crippen LogP contribution in [0.4, 0.5) is 0 Å². The van der Waals surface area contributed by atoms with Gasteiger partial charge in [-0.25, -0.2) is 4.98 Å². The van der Waals surface area contributed by atoms with E-state index in [1.54, 1.807) is 12.1 Å². The Morgan fingerprint density at radius 3 is 1.93 bits per heavy atom. The van der Waals surface area contributed by atoms with Crippen LogP contribution in [0.15, 0.2) is 12.1 Å². The molecule has 2 nitrogen and oxygen atoms in total. The summed E-state index contributed by atoms with van der Waals surface area (Å²) in [6.07, 6.45) is 0. The molecule has 86 valence electrons. The maximum Gasteiger partial charge on any atom is 0.131 e. The molecule has 0 saturated heterocycles. The lowest BCUT2D eigenvalue weighted by atomic mass is 10.3. The van der Waals surface area contributed by atoms with Gasteiger partial charge in [0.15, 0.2) is 0 Å². The van der Waals surface area contributed by atoms with Crippen LogP contribution in [0.3, 0.4) is 0 Å². The van der Waals surface area contributed by atoms with Gasteiger partial charge in [-0.3, -0.25) is 0 Å². The van der Waals surface area contributed by atoms with Gasteiger partial charge in [0, 0.05) is 18.5 Å². The lowest BCUT2D eigenvalue weighted by Gasteiger charge is -1.95. The van der Waals surface area contributed by atoms with Gasteiger partial charge >= 0.3 is 0 Å². The predicted octanol–water partition coefficient (Wildman–Crippen LogP) is 4.33. The third kappa shape index (κ3) is 8.03. The monoisotopic (exact) mass is 313 g/mol. The fourth-order valence-corrected chi connectivity index (χ4v) is 1.62. The topological polar surface area (TPSA) is 22.1 Å². The SMILES string of the molecule is CCOCC.Clc1cc(CBr)cc(Cl)n1. The Bertz CT molecular complexity index is 262. The van der Waals surface area contributed by atoms with Gasteiger partial charge in [-0.15, -0.1) is 0 Å². The molecule has 5 heteroatoms. The molecule has 0 aliphatic heterocycles. The van der Waals surface area contributed by atoms with Gasteiger partial charge in [-0.2, -0.15) is 0 Å². The highest BCUT2D eigenvalue weighted by Gasteiger charge is 1.96. The van der Waals surface area contributed by atoms with Crippen LogP contribution in [0.25, 0.3) is 0 Å². The van der Waals surface area contributed by atoms with Gasteiger partial charge < -0.3 is 4.74 Å². The number of alkyl halides is 1. The van der Waals surface area contributed by atoms with Crippen molar-refractivity contribution in [1.82, 2.24) is 4.98 Å². The van der Waals surface area contributed by atoms with Crippen molar-refractivity contribution >= 4 is 39.1 Å². The molecule has 15 heavy (non-hydrogen) atoms. The minimum Gasteiger partial charge on any atom is -0.382 e. The highest BCUT2D eigenvalue weighted by molar-refractivity contribution is 9.08. The lowest BCUT2D eigenvalue weighted by Crippen LogP contribution is -1.84. The van der Waals surface area contributed by atoms with E-state index < -0.39 is 0 Å². The van der Waals surface area contributed by atoms with Crippen LogP contribution in [0, 0.1) is 0 Å². The van der Waals surface area contributed by atoms with Gasteiger partial charge in [0.1, 0.15) is 10.3 Å². The van der Waals surface area contributed by atoms with E-state index in [0.717, 1.165) is 24.1 Å². The molecule has 1 aromatic heterocycles. The summed E-state index contributed by atoms with van der Waals surface area (Å²) in [7, 11) is 0. The average Bonchev–Trinajstić information content (AvgIpc) is 2.18. The Labute approximate surface area is 109 Å². The minimum atomic E-state index is 0.432. The fourth-order valence-electron chi connectivity index (χ4n) is 0.795. The van der Waals surface area contributed by atoms with Crippen molar-refractivity contribution in [1.29, 1.82) is 0 Å². The maximum atomic E-state index is 5.61. The highest BCUT2D eigenvalue weighted by Crippen LogP contribution is 2.16. The second-order valence-electron chi connectivity index (χ2n) is 2.54. The van der Waals surface area contributed by atoms with Gasteiger partial charge in [0.05, 0.1) is 0 Å². The maximum absolute atomic E-state index is 5.61. The Balaban J connectivity index is 0.000000336. The normalized spacial score (nSPS) is 9.40. The zero-order valence-corrected chi connectivity index (χ0v) is 11.9. The predicted molar refractivity (Wildman–Crippen MR) is 69.1 cm³/mol. The molecule has 0 aromatic carbocycles. The zero-order chi connectivity index (χ0) is 11.7. The third-order valence-corrected chi connectivity index (χ3v) is 2.42. The molecular weight excluding hydrogens is 301 g/mol. The van der Waals surface area contributed by atoms with Crippen LogP contribution in [0.5, 0.6) is 0 Å². The second kappa shape index (κ2) is 9.40. The highest BCUT2D eigenvalue weighted by atomic mass is 79.9. The van der Waals surface area contributed by atoms with Gasteiger partial charge in [0.25, 0.3) is 0 Å². The van der Waals surface area contributed by atoms with Crippen LogP contribution >= 0.6 is 39.1 Å². The van der Waals surface area contributed by atoms with Crippen molar-refractivity contribution in [2.45, 2.75) is 19.2 Å². The van der Waals surface area contributed by atoms with Crippen LogP contribution in [0.1, 0.15) is 19.4 Å². The summed E-state index contributed by atoms with van der Waals surface area (Å²) >= 11 is 14.5. The molecule has 1 heterocycles. The van der Waals surface area contributed by atoms with E-state index in [1.807, 2.05) is 13.8 Å². The van der Waals surface area contributed by atoms with E-state index in [-0.39, 0.29) is 0 Å². The smallest absolute Gasteiger partial charge is 0.131 e. The molecule has 1 rings (SSSR count). The summed E-state index contributed by atoms with van der Waals surface area (Å²) in [4.78, 5) is 3.79. The average molecular weight is 315 g/mol. The molecule has 0 atom stereocenters. The van der Waals surface area contributed by atoms with E-state index >= 15 is 0 Å². The molecule has 0 bridgehead atoms. The summed E-state index contributed by atoms with van der Waals surface area (Å²) in [5.74, 6) is 0. The van der Waals surface area contributed by atoms with Crippen LogP contribution in [-0.2, 0) is 10.1 Å². The number of pyridine rings is 1. The molecule has 0 aliphatic rings. The molecule has 0 aliphatic carbocycles. The Morgan fingerprint density at radius 2 is 1.67 bits per heavy atom. The number of aromatic nitrogens is 1. The summed E-state index contributed by atoms with van der Waals surface area (Å²) < 4.78 is 4.83. The van der Waals surface area contributed by atoms with Gasteiger partial charge in [-0.05, 0) is 31.5 Å². The standard InChI is InChI=1S/C6H4BrCl2N.C4H10O/c7-3-4-1-5(8)10-6(9)2-4;1-3-5-4-2/h1-2H,3H2;3-4H2,1-2H3. The van der Waals surface area contributed by atoms with Crippen molar-refractivity contribution < 1.29 is 4.74 Å². The largest absolute Gasteiger partial charge is 0.382 e. The second-order valence-corrected chi connectivity index (χ2v) is 3.87. The molecule has 0 saturated carbocycles. The van der Waals surface area contributed by atoms with Crippen molar-refractivity contribution in [2.24, 2.45) is 0 Å². The van der Waals surface area contributed by atoms with E-state index in [9.17, 15) is 0 Å². The first-order valence-electron chi connectivity index (χ1n) is 4.59. The molecule has 0 unspecified atom stereocenters. The van der Waals surface area contributed by atoms with Crippen molar-refractivity contribution in [2.75, 3.05) is 13.2 Å². The van der Waals surface area contributed by atoms with Crippen LogP contribution < -0.4 is 0 Å². The van der Waals surface area contributed by atoms with E-state index in [1.165, 1.54) is 0 Å². The van der Waals surface area contributed by atoms with Gasteiger partial charge in [0.2, 0.25) is 0 Å². The number of halogens is 3. The zero-order valence-electron chi connectivity index (χ0n) is 8.77. The van der Waals surface area contributed by atoms with E-state index in [2.05, 4.69) is 20.9 Å². The lowest BCUT2D eigenvalue weighted by molar-refractivity contribution is 0.162.